The Morgan fingerprint density at radius 2 is 1.60 bits per heavy atom. The highest BCUT2D eigenvalue weighted by Crippen LogP contribution is 2.45. The number of nitrogens with two attached hydrogens (primary N) is 1. The summed E-state index contributed by atoms with van der Waals surface area (Å²) in [7, 11) is 0. The molecule has 6 nitrogen and oxygen atoms in total. The van der Waals surface area contributed by atoms with Gasteiger partial charge in [-0.15, -0.1) is 10.2 Å². The molecule has 1 aliphatic rings. The fourth-order valence-electron chi connectivity index (χ4n) is 4.46. The summed E-state index contributed by atoms with van der Waals surface area (Å²) in [4.78, 5) is 4.42. The zero-order chi connectivity index (χ0) is 20.6. The van der Waals surface area contributed by atoms with E-state index >= 15 is 0 Å². The topological polar surface area (TPSA) is 93.4 Å². The zero-order valence-corrected chi connectivity index (χ0v) is 17.1. The van der Waals surface area contributed by atoms with Gasteiger partial charge in [0.05, 0.1) is 5.41 Å². The number of H-pyrrole nitrogens is 1. The second-order valence-electron chi connectivity index (χ2n) is 7.77. The number of benzene rings is 2. The molecule has 30 heavy (non-hydrogen) atoms. The summed E-state index contributed by atoms with van der Waals surface area (Å²) < 4.78 is 0. The summed E-state index contributed by atoms with van der Waals surface area (Å²) in [6.07, 6.45) is 6.23. The van der Waals surface area contributed by atoms with Crippen molar-refractivity contribution in [2.24, 2.45) is 0 Å². The van der Waals surface area contributed by atoms with Crippen molar-refractivity contribution < 1.29 is 0 Å². The van der Waals surface area contributed by atoms with Crippen LogP contribution >= 0.6 is 11.6 Å². The molecule has 0 spiro atoms. The molecule has 2 aromatic carbocycles. The van der Waals surface area contributed by atoms with Gasteiger partial charge in [-0.25, -0.2) is 4.98 Å². The van der Waals surface area contributed by atoms with E-state index in [4.69, 9.17) is 17.3 Å². The normalized spacial score (nSPS) is 15.4. The first-order valence-corrected chi connectivity index (χ1v) is 10.4. The van der Waals surface area contributed by atoms with Crippen molar-refractivity contribution in [3.05, 3.63) is 77.2 Å². The van der Waals surface area contributed by atoms with E-state index in [0.29, 0.717) is 10.8 Å². The van der Waals surface area contributed by atoms with Gasteiger partial charge in [-0.3, -0.25) is 0 Å². The van der Waals surface area contributed by atoms with Crippen LogP contribution < -0.4 is 5.73 Å². The number of nitrogens with one attached hydrogen (secondary N) is 1. The van der Waals surface area contributed by atoms with Crippen molar-refractivity contribution >= 4 is 17.4 Å². The summed E-state index contributed by atoms with van der Waals surface area (Å²) in [5, 5.41) is 15.7. The number of aromatic nitrogens is 5. The van der Waals surface area contributed by atoms with E-state index in [2.05, 4.69) is 55.9 Å². The number of anilines is 1. The van der Waals surface area contributed by atoms with Crippen LogP contribution in [0.1, 0.15) is 37.1 Å². The Morgan fingerprint density at radius 3 is 2.27 bits per heavy atom. The number of hydrogen-bond acceptors (Lipinski definition) is 5. The Morgan fingerprint density at radius 1 is 0.900 bits per heavy atom. The van der Waals surface area contributed by atoms with Crippen molar-refractivity contribution in [3.63, 3.8) is 0 Å². The predicted octanol–water partition coefficient (Wildman–Crippen LogP) is 5.02. The van der Waals surface area contributed by atoms with Gasteiger partial charge in [0.1, 0.15) is 5.82 Å². The Bertz CT molecular complexity index is 1150. The fraction of sp³-hybridized carbons (Fsp3) is 0.217. The number of aromatic amines is 1. The summed E-state index contributed by atoms with van der Waals surface area (Å²) >= 11 is 6.02. The first-order chi connectivity index (χ1) is 14.7. The van der Waals surface area contributed by atoms with Crippen LogP contribution in [0.5, 0.6) is 0 Å². The van der Waals surface area contributed by atoms with Crippen LogP contribution in [-0.4, -0.2) is 25.6 Å². The van der Waals surface area contributed by atoms with E-state index < -0.39 is 0 Å². The van der Waals surface area contributed by atoms with Crippen molar-refractivity contribution in [2.45, 2.75) is 31.1 Å². The molecule has 7 heteroatoms. The number of hydrogen-bond donors (Lipinski definition) is 2. The lowest BCUT2D eigenvalue weighted by atomic mass is 9.78. The van der Waals surface area contributed by atoms with Gasteiger partial charge in [-0.1, -0.05) is 66.1 Å². The molecule has 0 bridgehead atoms. The van der Waals surface area contributed by atoms with Crippen LogP contribution in [0.25, 0.3) is 22.3 Å². The van der Waals surface area contributed by atoms with Gasteiger partial charge in [-0.05, 0) is 47.7 Å². The second kappa shape index (κ2) is 7.54. The largest absolute Gasteiger partial charge is 0.383 e. The lowest BCUT2D eigenvalue weighted by molar-refractivity contribution is 0.500. The molecule has 0 unspecified atom stereocenters. The van der Waals surface area contributed by atoms with Gasteiger partial charge in [0.2, 0.25) is 0 Å². The molecule has 3 N–H and O–H groups in total. The second-order valence-corrected chi connectivity index (χ2v) is 8.20. The first kappa shape index (κ1) is 18.8. The molecule has 0 aliphatic heterocycles. The molecule has 0 amide bonds. The number of halogens is 1. The van der Waals surface area contributed by atoms with Crippen molar-refractivity contribution in [1.82, 2.24) is 25.6 Å². The van der Waals surface area contributed by atoms with E-state index in [0.717, 1.165) is 40.9 Å². The molecule has 2 aromatic heterocycles. The minimum absolute atomic E-state index is 0.153. The molecule has 2 heterocycles. The average molecular weight is 417 g/mol. The SMILES string of the molecule is Nc1ncc(-c2ccc(C3(c4nn[nH]n4)CCCC3)cc2)cc1-c1ccc(Cl)cc1. The van der Waals surface area contributed by atoms with Crippen molar-refractivity contribution in [2.75, 3.05) is 5.73 Å². The third-order valence-electron chi connectivity index (χ3n) is 6.08. The highest BCUT2D eigenvalue weighted by Gasteiger charge is 2.41. The van der Waals surface area contributed by atoms with Gasteiger partial charge < -0.3 is 5.73 Å². The van der Waals surface area contributed by atoms with Crippen LogP contribution in [-0.2, 0) is 5.41 Å². The monoisotopic (exact) mass is 416 g/mol. The third-order valence-corrected chi connectivity index (χ3v) is 6.33. The predicted molar refractivity (Wildman–Crippen MR) is 118 cm³/mol. The average Bonchev–Trinajstić information content (AvgIpc) is 3.48. The quantitative estimate of drug-likeness (QED) is 0.487. The van der Waals surface area contributed by atoms with E-state index in [1.165, 1.54) is 18.4 Å². The molecule has 1 saturated carbocycles. The van der Waals surface area contributed by atoms with Gasteiger partial charge in [0, 0.05) is 22.3 Å². The molecular formula is C23H21ClN6. The first-order valence-electron chi connectivity index (χ1n) is 10.0. The number of rotatable bonds is 4. The maximum absolute atomic E-state index is 6.15. The Balaban J connectivity index is 1.50. The highest BCUT2D eigenvalue weighted by molar-refractivity contribution is 6.30. The van der Waals surface area contributed by atoms with Crippen LogP contribution in [0.2, 0.25) is 5.02 Å². The maximum Gasteiger partial charge on any atom is 0.185 e. The molecular weight excluding hydrogens is 396 g/mol. The summed E-state index contributed by atoms with van der Waals surface area (Å²) in [6, 6.07) is 18.3. The number of nitrogen functional groups attached to an aromatic ring is 1. The Kier molecular flexibility index (Phi) is 4.71. The van der Waals surface area contributed by atoms with Gasteiger partial charge in [-0.2, -0.15) is 5.21 Å². The molecule has 5 rings (SSSR count). The zero-order valence-electron chi connectivity index (χ0n) is 16.3. The van der Waals surface area contributed by atoms with Crippen LogP contribution in [0.3, 0.4) is 0 Å². The third kappa shape index (κ3) is 3.23. The molecule has 150 valence electrons. The number of nitrogens with zero attached hydrogens (tertiary/aromatic N) is 4. The molecule has 4 aromatic rings. The maximum atomic E-state index is 6.15. The lowest BCUT2D eigenvalue weighted by Crippen LogP contribution is -2.25. The van der Waals surface area contributed by atoms with Gasteiger partial charge in [0.15, 0.2) is 5.82 Å². The summed E-state index contributed by atoms with van der Waals surface area (Å²) in [5.74, 6) is 1.28. The lowest BCUT2D eigenvalue weighted by Gasteiger charge is -2.26. The molecule has 0 atom stereocenters. The standard InChI is InChI=1S/C23H21ClN6/c24-19-9-5-16(6-10-19)20-13-17(14-26-21(20)25)15-3-7-18(8-4-15)23(11-1-2-12-23)22-27-29-30-28-22/h3-10,13-14H,1-2,11-12H2,(H2,25,26)(H,27,28,29,30). The summed E-state index contributed by atoms with van der Waals surface area (Å²) in [5.41, 5.74) is 11.2. The van der Waals surface area contributed by atoms with Crippen LogP contribution in [0.15, 0.2) is 60.8 Å². The highest BCUT2D eigenvalue weighted by atomic mass is 35.5. The summed E-state index contributed by atoms with van der Waals surface area (Å²) in [6.45, 7) is 0. The Hall–Kier alpha value is -3.25. The van der Waals surface area contributed by atoms with Crippen LogP contribution in [0.4, 0.5) is 5.82 Å². The smallest absolute Gasteiger partial charge is 0.185 e. The van der Waals surface area contributed by atoms with E-state index in [1.807, 2.05) is 30.5 Å². The molecule has 0 saturated heterocycles. The molecule has 0 radical (unpaired) electrons. The van der Waals surface area contributed by atoms with Crippen LogP contribution in [0, 0.1) is 0 Å². The molecule has 1 aliphatic carbocycles. The van der Waals surface area contributed by atoms with E-state index in [9.17, 15) is 0 Å². The number of pyridine rings is 1. The minimum atomic E-state index is -0.153. The van der Waals surface area contributed by atoms with Gasteiger partial charge >= 0.3 is 0 Å². The van der Waals surface area contributed by atoms with Crippen molar-refractivity contribution in [1.29, 1.82) is 0 Å². The van der Waals surface area contributed by atoms with E-state index in [-0.39, 0.29) is 5.41 Å². The Labute approximate surface area is 179 Å². The van der Waals surface area contributed by atoms with E-state index in [1.54, 1.807) is 0 Å². The van der Waals surface area contributed by atoms with Crippen molar-refractivity contribution in [3.8, 4) is 22.3 Å². The molecule has 1 fully saturated rings. The van der Waals surface area contributed by atoms with Gasteiger partial charge in [0.25, 0.3) is 0 Å². The fourth-order valence-corrected chi connectivity index (χ4v) is 4.59. The minimum Gasteiger partial charge on any atom is -0.383 e. The number of tetrazole rings is 1.